The van der Waals surface area contributed by atoms with Crippen molar-refractivity contribution in [2.45, 2.75) is 45.7 Å². The van der Waals surface area contributed by atoms with Gasteiger partial charge in [-0.25, -0.2) is 0 Å². The number of likely N-dealkylation sites (tertiary alicyclic amines) is 1. The van der Waals surface area contributed by atoms with E-state index in [4.69, 9.17) is 0 Å². The summed E-state index contributed by atoms with van der Waals surface area (Å²) in [5.41, 5.74) is 0. The molecular formula is C15H26N4O. The molecule has 0 saturated carbocycles. The molecule has 2 heterocycles. The summed E-state index contributed by atoms with van der Waals surface area (Å²) in [7, 11) is 0. The van der Waals surface area contributed by atoms with Crippen LogP contribution in [0.3, 0.4) is 0 Å². The maximum absolute atomic E-state index is 11.3. The van der Waals surface area contributed by atoms with Crippen LogP contribution in [0.5, 0.6) is 0 Å². The Morgan fingerprint density at radius 2 is 2.10 bits per heavy atom. The number of carbonyl (C=O) groups excluding carboxylic acids is 1. The zero-order valence-electron chi connectivity index (χ0n) is 12.7. The Balaban J connectivity index is 1.72. The molecule has 1 amide bonds. The number of hydrogen-bond donors (Lipinski definition) is 1. The Kier molecular flexibility index (Phi) is 5.17. The van der Waals surface area contributed by atoms with Crippen LogP contribution in [0.15, 0.2) is 18.5 Å². The molecule has 2 atom stereocenters. The predicted octanol–water partition coefficient (Wildman–Crippen LogP) is 1.68. The number of piperidine rings is 1. The summed E-state index contributed by atoms with van der Waals surface area (Å²) in [6.07, 6.45) is 6.04. The van der Waals surface area contributed by atoms with E-state index in [0.29, 0.717) is 18.0 Å². The first-order valence-corrected chi connectivity index (χ1v) is 7.56. The third-order valence-corrected chi connectivity index (χ3v) is 4.45. The maximum Gasteiger partial charge on any atom is 0.219 e. The third-order valence-electron chi connectivity index (χ3n) is 4.45. The molecular weight excluding hydrogens is 252 g/mol. The highest BCUT2D eigenvalue weighted by molar-refractivity contribution is 5.73. The van der Waals surface area contributed by atoms with E-state index in [1.807, 2.05) is 28.0 Å². The first kappa shape index (κ1) is 15.0. The Labute approximate surface area is 121 Å². The van der Waals surface area contributed by atoms with E-state index < -0.39 is 0 Å². The lowest BCUT2D eigenvalue weighted by Crippen LogP contribution is -2.42. The number of rotatable bonds is 5. The highest BCUT2D eigenvalue weighted by Gasteiger charge is 2.22. The zero-order valence-corrected chi connectivity index (χ0v) is 12.7. The molecule has 1 aromatic heterocycles. The van der Waals surface area contributed by atoms with Crippen molar-refractivity contribution in [1.82, 2.24) is 20.0 Å². The SMILES string of the molecule is CC(=O)N1CCC(CN[C@@H](C)[C@@H](C)n2cccn2)CC1. The Hall–Kier alpha value is -1.36. The number of nitrogens with one attached hydrogen (secondary N) is 1. The van der Waals surface area contributed by atoms with Gasteiger partial charge >= 0.3 is 0 Å². The van der Waals surface area contributed by atoms with Gasteiger partial charge in [-0.2, -0.15) is 5.10 Å². The molecule has 0 unspecified atom stereocenters. The first-order chi connectivity index (χ1) is 9.58. The number of carbonyl (C=O) groups is 1. The molecule has 5 heteroatoms. The van der Waals surface area contributed by atoms with Crippen LogP contribution in [0.1, 0.15) is 39.7 Å². The van der Waals surface area contributed by atoms with E-state index >= 15 is 0 Å². The molecule has 1 fully saturated rings. The second kappa shape index (κ2) is 6.88. The average molecular weight is 278 g/mol. The van der Waals surface area contributed by atoms with Crippen LogP contribution in [0.2, 0.25) is 0 Å². The van der Waals surface area contributed by atoms with E-state index in [2.05, 4.69) is 24.3 Å². The Bertz CT molecular complexity index is 410. The maximum atomic E-state index is 11.3. The Morgan fingerprint density at radius 1 is 1.40 bits per heavy atom. The lowest BCUT2D eigenvalue weighted by Gasteiger charge is -2.32. The zero-order chi connectivity index (χ0) is 14.5. The average Bonchev–Trinajstić information content (AvgIpc) is 2.98. The standard InChI is InChI=1S/C15H26N4O/c1-12(13(2)19-8-4-7-17-19)16-11-15-5-9-18(10-6-15)14(3)20/h4,7-8,12-13,15-16H,5-6,9-11H2,1-3H3/t12-,13+/m0/s1. The summed E-state index contributed by atoms with van der Waals surface area (Å²) in [6, 6.07) is 2.70. The lowest BCUT2D eigenvalue weighted by atomic mass is 9.96. The minimum Gasteiger partial charge on any atom is -0.343 e. The monoisotopic (exact) mass is 278 g/mol. The van der Waals surface area contributed by atoms with Gasteiger partial charge in [0.05, 0.1) is 6.04 Å². The van der Waals surface area contributed by atoms with Gasteiger partial charge in [-0.3, -0.25) is 9.48 Å². The second-order valence-electron chi connectivity index (χ2n) is 5.87. The van der Waals surface area contributed by atoms with E-state index in [1.54, 1.807) is 6.92 Å². The van der Waals surface area contributed by atoms with Crippen molar-refractivity contribution in [1.29, 1.82) is 0 Å². The molecule has 2 rings (SSSR count). The molecule has 0 spiro atoms. The van der Waals surface area contributed by atoms with Crippen molar-refractivity contribution in [3.05, 3.63) is 18.5 Å². The summed E-state index contributed by atoms with van der Waals surface area (Å²) in [6.45, 7) is 8.89. The van der Waals surface area contributed by atoms with Gasteiger partial charge in [-0.1, -0.05) is 0 Å². The van der Waals surface area contributed by atoms with Crippen molar-refractivity contribution in [2.24, 2.45) is 5.92 Å². The first-order valence-electron chi connectivity index (χ1n) is 7.56. The fourth-order valence-corrected chi connectivity index (χ4v) is 2.73. The minimum atomic E-state index is 0.206. The van der Waals surface area contributed by atoms with Gasteiger partial charge in [-0.05, 0) is 45.2 Å². The predicted molar refractivity (Wildman–Crippen MR) is 79.4 cm³/mol. The van der Waals surface area contributed by atoms with Gasteiger partial charge in [0, 0.05) is 38.4 Å². The third kappa shape index (κ3) is 3.82. The largest absolute Gasteiger partial charge is 0.343 e. The quantitative estimate of drug-likeness (QED) is 0.891. The van der Waals surface area contributed by atoms with Crippen LogP contribution in [0, 0.1) is 5.92 Å². The van der Waals surface area contributed by atoms with Crippen LogP contribution >= 0.6 is 0 Å². The topological polar surface area (TPSA) is 50.2 Å². The highest BCUT2D eigenvalue weighted by atomic mass is 16.2. The summed E-state index contributed by atoms with van der Waals surface area (Å²) in [5.74, 6) is 0.884. The summed E-state index contributed by atoms with van der Waals surface area (Å²) in [5, 5.41) is 7.91. The van der Waals surface area contributed by atoms with Gasteiger partial charge in [0.1, 0.15) is 0 Å². The van der Waals surface area contributed by atoms with Crippen molar-refractivity contribution < 1.29 is 4.79 Å². The molecule has 1 saturated heterocycles. The molecule has 0 aliphatic carbocycles. The summed E-state index contributed by atoms with van der Waals surface area (Å²) >= 11 is 0. The molecule has 112 valence electrons. The highest BCUT2D eigenvalue weighted by Crippen LogP contribution is 2.17. The van der Waals surface area contributed by atoms with Gasteiger partial charge in [-0.15, -0.1) is 0 Å². The molecule has 5 nitrogen and oxygen atoms in total. The minimum absolute atomic E-state index is 0.206. The second-order valence-corrected chi connectivity index (χ2v) is 5.87. The number of nitrogens with zero attached hydrogens (tertiary/aromatic N) is 3. The summed E-state index contributed by atoms with van der Waals surface area (Å²) < 4.78 is 2.00. The number of hydrogen-bond acceptors (Lipinski definition) is 3. The van der Waals surface area contributed by atoms with E-state index in [0.717, 1.165) is 32.5 Å². The molecule has 0 aromatic carbocycles. The van der Waals surface area contributed by atoms with Crippen LogP contribution in [0.4, 0.5) is 0 Å². The van der Waals surface area contributed by atoms with Crippen molar-refractivity contribution in [2.75, 3.05) is 19.6 Å². The van der Waals surface area contributed by atoms with Gasteiger partial charge in [0.2, 0.25) is 5.91 Å². The molecule has 1 N–H and O–H groups in total. The van der Waals surface area contributed by atoms with Gasteiger partial charge < -0.3 is 10.2 Å². The normalized spacial score (nSPS) is 19.9. The molecule has 20 heavy (non-hydrogen) atoms. The van der Waals surface area contributed by atoms with Gasteiger partial charge in [0.15, 0.2) is 0 Å². The lowest BCUT2D eigenvalue weighted by molar-refractivity contribution is -0.130. The van der Waals surface area contributed by atoms with Crippen LogP contribution in [0.25, 0.3) is 0 Å². The Morgan fingerprint density at radius 3 is 2.65 bits per heavy atom. The van der Waals surface area contributed by atoms with E-state index in [1.165, 1.54) is 0 Å². The van der Waals surface area contributed by atoms with Crippen LogP contribution in [-0.4, -0.2) is 46.3 Å². The van der Waals surface area contributed by atoms with Gasteiger partial charge in [0.25, 0.3) is 0 Å². The van der Waals surface area contributed by atoms with E-state index in [9.17, 15) is 4.79 Å². The van der Waals surface area contributed by atoms with E-state index in [-0.39, 0.29) is 5.91 Å². The fourth-order valence-electron chi connectivity index (χ4n) is 2.73. The molecule has 0 radical (unpaired) electrons. The van der Waals surface area contributed by atoms with Crippen LogP contribution < -0.4 is 5.32 Å². The van der Waals surface area contributed by atoms with Crippen molar-refractivity contribution in [3.8, 4) is 0 Å². The summed E-state index contributed by atoms with van der Waals surface area (Å²) in [4.78, 5) is 13.2. The molecule has 1 aromatic rings. The van der Waals surface area contributed by atoms with Crippen LogP contribution in [-0.2, 0) is 4.79 Å². The number of amides is 1. The van der Waals surface area contributed by atoms with Crippen molar-refractivity contribution in [3.63, 3.8) is 0 Å². The molecule has 1 aliphatic heterocycles. The molecule has 0 bridgehead atoms. The molecule has 1 aliphatic rings. The smallest absolute Gasteiger partial charge is 0.219 e. The number of aromatic nitrogens is 2. The van der Waals surface area contributed by atoms with Crippen molar-refractivity contribution >= 4 is 5.91 Å². The fraction of sp³-hybridized carbons (Fsp3) is 0.733.